The number of carbonyl (C=O) groups is 2. The summed E-state index contributed by atoms with van der Waals surface area (Å²) in [5.41, 5.74) is 2.54. The van der Waals surface area contributed by atoms with Crippen LogP contribution in [-0.2, 0) is 32.6 Å². The minimum absolute atomic E-state index is 0.152. The van der Waals surface area contributed by atoms with Crippen molar-refractivity contribution in [3.63, 3.8) is 0 Å². The Hall–Kier alpha value is -3.49. The lowest BCUT2D eigenvalue weighted by molar-refractivity contribution is -0.141. The molecule has 2 N–H and O–H groups in total. The zero-order valence-corrected chi connectivity index (χ0v) is 23.6. The van der Waals surface area contributed by atoms with E-state index in [1.165, 1.54) is 0 Å². The summed E-state index contributed by atoms with van der Waals surface area (Å²) in [7, 11) is -3.54. The van der Waals surface area contributed by atoms with E-state index in [1.807, 2.05) is 60.7 Å². The Bertz CT molecular complexity index is 1280. The zero-order chi connectivity index (χ0) is 28.1. The molecule has 208 valence electrons. The lowest BCUT2D eigenvalue weighted by atomic mass is 10.0. The Morgan fingerprint density at radius 2 is 1.46 bits per heavy atom. The molecule has 0 bridgehead atoms. The predicted octanol–water partition coefficient (Wildman–Crippen LogP) is 4.99. The number of rotatable bonds is 15. The van der Waals surface area contributed by atoms with Crippen molar-refractivity contribution in [2.45, 2.75) is 63.4 Å². The molecule has 0 aromatic heterocycles. The molecule has 8 heteroatoms. The molecular weight excluding hydrogens is 510 g/mol. The molecule has 0 aliphatic carbocycles. The predicted molar refractivity (Wildman–Crippen MR) is 154 cm³/mol. The Kier molecular flexibility index (Phi) is 11.7. The van der Waals surface area contributed by atoms with Gasteiger partial charge in [-0.25, -0.2) is 13.1 Å². The number of nitrogens with one attached hydrogen (secondary N) is 2. The van der Waals surface area contributed by atoms with Crippen LogP contribution in [0.3, 0.4) is 0 Å². The van der Waals surface area contributed by atoms with Crippen molar-refractivity contribution >= 4 is 21.8 Å². The molecule has 3 aromatic carbocycles. The lowest BCUT2D eigenvalue weighted by Crippen LogP contribution is -2.43. The van der Waals surface area contributed by atoms with Crippen LogP contribution in [-0.4, -0.2) is 38.2 Å². The second-order valence-electron chi connectivity index (χ2n) is 9.46. The summed E-state index contributed by atoms with van der Waals surface area (Å²) in [5.74, 6) is -0.347. The van der Waals surface area contributed by atoms with Gasteiger partial charge in [0.15, 0.2) is 0 Å². The number of nitrogens with zero attached hydrogens (tertiary/aromatic N) is 1. The first-order chi connectivity index (χ1) is 18.9. The van der Waals surface area contributed by atoms with Crippen molar-refractivity contribution in [3.8, 4) is 0 Å². The van der Waals surface area contributed by atoms with Crippen molar-refractivity contribution in [2.75, 3.05) is 13.1 Å². The summed E-state index contributed by atoms with van der Waals surface area (Å²) in [6.07, 6.45) is 3.57. The number of sulfonamides is 1. The Morgan fingerprint density at radius 3 is 2.08 bits per heavy atom. The third-order valence-electron chi connectivity index (χ3n) is 6.47. The van der Waals surface area contributed by atoms with Gasteiger partial charge in [-0.1, -0.05) is 99.5 Å². The van der Waals surface area contributed by atoms with Crippen LogP contribution < -0.4 is 10.0 Å². The molecule has 39 heavy (non-hydrogen) atoms. The van der Waals surface area contributed by atoms with E-state index < -0.39 is 16.1 Å². The second kappa shape index (κ2) is 15.2. The molecule has 0 saturated carbocycles. The molecule has 3 rings (SSSR count). The Morgan fingerprint density at radius 1 is 0.821 bits per heavy atom. The van der Waals surface area contributed by atoms with Crippen LogP contribution in [0.2, 0.25) is 0 Å². The maximum absolute atomic E-state index is 13.8. The van der Waals surface area contributed by atoms with Crippen LogP contribution in [0.1, 0.15) is 62.3 Å². The average Bonchev–Trinajstić information content (AvgIpc) is 2.95. The Labute approximate surface area is 232 Å². The topological polar surface area (TPSA) is 95.6 Å². The van der Waals surface area contributed by atoms with Crippen LogP contribution in [0.15, 0.2) is 89.8 Å². The molecule has 2 amide bonds. The van der Waals surface area contributed by atoms with Crippen molar-refractivity contribution in [2.24, 2.45) is 0 Å². The highest BCUT2D eigenvalue weighted by Gasteiger charge is 2.31. The van der Waals surface area contributed by atoms with E-state index in [0.29, 0.717) is 26.1 Å². The Balaban J connectivity index is 1.84. The van der Waals surface area contributed by atoms with Crippen molar-refractivity contribution in [1.82, 2.24) is 14.9 Å². The second-order valence-corrected chi connectivity index (χ2v) is 11.2. The van der Waals surface area contributed by atoms with Crippen LogP contribution in [0.4, 0.5) is 0 Å². The summed E-state index contributed by atoms with van der Waals surface area (Å²) < 4.78 is 27.0. The van der Waals surface area contributed by atoms with Gasteiger partial charge in [0, 0.05) is 26.1 Å². The summed E-state index contributed by atoms with van der Waals surface area (Å²) in [6.45, 7) is 5.01. The number of hydrogen-bond acceptors (Lipinski definition) is 4. The first-order valence-electron chi connectivity index (χ1n) is 13.6. The number of amides is 2. The minimum atomic E-state index is -3.54. The van der Waals surface area contributed by atoms with E-state index in [1.54, 1.807) is 36.1 Å². The van der Waals surface area contributed by atoms with Gasteiger partial charge in [-0.3, -0.25) is 9.59 Å². The molecule has 3 aromatic rings. The van der Waals surface area contributed by atoms with Crippen LogP contribution in [0.5, 0.6) is 0 Å². The van der Waals surface area contributed by atoms with E-state index in [-0.39, 0.29) is 23.1 Å². The third-order valence-corrected chi connectivity index (χ3v) is 8.03. The first-order valence-corrected chi connectivity index (χ1v) is 15.1. The fourth-order valence-electron chi connectivity index (χ4n) is 4.40. The smallest absolute Gasteiger partial charge is 0.247 e. The molecule has 0 radical (unpaired) electrons. The summed E-state index contributed by atoms with van der Waals surface area (Å²) in [6, 6.07) is 24.9. The molecular formula is C31H39N3O4S. The SMILES string of the molecule is CCCCCNC(=O)C(c1ccccc1)N(Cc1ccccc1)C(=O)CCc1ccc(S(=O)(=O)NCC)cc1. The van der Waals surface area contributed by atoms with Gasteiger partial charge >= 0.3 is 0 Å². The van der Waals surface area contributed by atoms with Crippen LogP contribution in [0.25, 0.3) is 0 Å². The van der Waals surface area contributed by atoms with E-state index in [2.05, 4.69) is 17.0 Å². The van der Waals surface area contributed by atoms with Gasteiger partial charge in [-0.2, -0.15) is 0 Å². The van der Waals surface area contributed by atoms with Gasteiger partial charge in [0.25, 0.3) is 0 Å². The highest BCUT2D eigenvalue weighted by molar-refractivity contribution is 7.89. The quantitative estimate of drug-likeness (QED) is 0.261. The molecule has 0 saturated heterocycles. The third kappa shape index (κ3) is 9.04. The highest BCUT2D eigenvalue weighted by atomic mass is 32.2. The van der Waals surface area contributed by atoms with Gasteiger partial charge in [0.05, 0.1) is 4.90 Å². The van der Waals surface area contributed by atoms with E-state index in [4.69, 9.17) is 0 Å². The maximum atomic E-state index is 13.8. The van der Waals surface area contributed by atoms with E-state index in [0.717, 1.165) is 36.0 Å². The average molecular weight is 550 g/mol. The molecule has 0 aliphatic heterocycles. The molecule has 7 nitrogen and oxygen atoms in total. The summed E-state index contributed by atoms with van der Waals surface area (Å²) in [5, 5.41) is 3.05. The largest absolute Gasteiger partial charge is 0.354 e. The van der Waals surface area contributed by atoms with Crippen molar-refractivity contribution < 1.29 is 18.0 Å². The highest BCUT2D eigenvalue weighted by Crippen LogP contribution is 2.25. The number of hydrogen-bond donors (Lipinski definition) is 2. The fraction of sp³-hybridized carbons (Fsp3) is 0.355. The van der Waals surface area contributed by atoms with Gasteiger partial charge in [-0.15, -0.1) is 0 Å². The molecule has 0 aliphatic rings. The first kappa shape index (κ1) is 30.1. The number of benzene rings is 3. The normalized spacial score (nSPS) is 12.1. The molecule has 0 fully saturated rings. The van der Waals surface area contributed by atoms with Gasteiger partial charge < -0.3 is 10.2 Å². The standard InChI is InChI=1S/C31H39N3O4S/c1-3-5-12-23-32-31(36)30(27-15-10-7-11-16-27)34(24-26-13-8-6-9-14-26)29(35)22-19-25-17-20-28(21-18-25)39(37,38)33-4-2/h6-11,13-18,20-21,30,33H,3-5,12,19,22-24H2,1-2H3,(H,32,36). The number of aryl methyl sites for hydroxylation is 1. The molecule has 1 unspecified atom stereocenters. The van der Waals surface area contributed by atoms with Gasteiger partial charge in [-0.05, 0) is 41.7 Å². The minimum Gasteiger partial charge on any atom is -0.354 e. The van der Waals surface area contributed by atoms with Crippen molar-refractivity contribution in [3.05, 3.63) is 102 Å². The lowest BCUT2D eigenvalue weighted by Gasteiger charge is -2.32. The van der Waals surface area contributed by atoms with E-state index in [9.17, 15) is 18.0 Å². The fourth-order valence-corrected chi connectivity index (χ4v) is 5.44. The zero-order valence-electron chi connectivity index (χ0n) is 22.8. The van der Waals surface area contributed by atoms with E-state index >= 15 is 0 Å². The van der Waals surface area contributed by atoms with Gasteiger partial charge in [0.2, 0.25) is 21.8 Å². The number of carbonyl (C=O) groups excluding carboxylic acids is 2. The molecule has 1 atom stereocenters. The maximum Gasteiger partial charge on any atom is 0.247 e. The van der Waals surface area contributed by atoms with Crippen LogP contribution in [0, 0.1) is 0 Å². The van der Waals surface area contributed by atoms with Crippen LogP contribution >= 0.6 is 0 Å². The monoisotopic (exact) mass is 549 g/mol. The molecule has 0 heterocycles. The van der Waals surface area contributed by atoms with Gasteiger partial charge in [0.1, 0.15) is 6.04 Å². The summed E-state index contributed by atoms with van der Waals surface area (Å²) >= 11 is 0. The summed E-state index contributed by atoms with van der Waals surface area (Å²) in [4.78, 5) is 29.1. The van der Waals surface area contributed by atoms with Crippen molar-refractivity contribution in [1.29, 1.82) is 0 Å². The number of unbranched alkanes of at least 4 members (excludes halogenated alkanes) is 2. The molecule has 0 spiro atoms.